The molecule has 0 aliphatic carbocycles. The first kappa shape index (κ1) is 39.2. The van der Waals surface area contributed by atoms with Crippen molar-refractivity contribution in [1.82, 2.24) is 24.8 Å². The number of anilines is 6. The van der Waals surface area contributed by atoms with E-state index in [2.05, 4.69) is 54.1 Å². The fourth-order valence-corrected chi connectivity index (χ4v) is 6.61. The molecule has 0 spiro atoms. The zero-order chi connectivity index (χ0) is 38.3. The highest BCUT2D eigenvalue weighted by atomic mass is 32.1. The number of rotatable bonds is 9. The van der Waals surface area contributed by atoms with Gasteiger partial charge in [-0.15, -0.1) is 0 Å². The first-order chi connectivity index (χ1) is 25.2. The smallest absolute Gasteiger partial charge is 0.416 e. The molecule has 0 saturated carbocycles. The molecule has 2 saturated heterocycles. The zero-order valence-corrected chi connectivity index (χ0v) is 31.0. The highest BCUT2D eigenvalue weighted by Crippen LogP contribution is 2.34. The number of benzene rings is 2. The summed E-state index contributed by atoms with van der Waals surface area (Å²) in [5.41, 5.74) is 7.19. The fraction of sp³-hybridized carbons (Fsp3) is 0.417. The van der Waals surface area contributed by atoms with E-state index in [0.717, 1.165) is 87.2 Å². The molecular formula is C36H45F3N10O3S. The van der Waals surface area contributed by atoms with Crippen LogP contribution in [0, 0.1) is 13.8 Å². The SMILES string of the molecule is CCN1CCN(c2cc(C(=O)Nc3ccc(C)c(N)c3)cc(C(F)(F)F)c2)CC1.CCN1CCN(c2cc(Nc3ncc(C(=O)O)s3)nc(C)n2)CC1. The van der Waals surface area contributed by atoms with Crippen molar-refractivity contribution < 1.29 is 27.9 Å². The number of carboxylic acid groups (broad SMARTS) is 1. The van der Waals surface area contributed by atoms with Gasteiger partial charge in [0.2, 0.25) is 0 Å². The number of carbonyl (C=O) groups excluding carboxylic acids is 1. The molecule has 4 heterocycles. The molecule has 13 nitrogen and oxygen atoms in total. The summed E-state index contributed by atoms with van der Waals surface area (Å²) < 4.78 is 40.3. The van der Waals surface area contributed by atoms with Crippen LogP contribution in [0.1, 0.15) is 50.8 Å². The molecule has 2 aromatic carbocycles. The highest BCUT2D eigenvalue weighted by Gasteiger charge is 2.33. The van der Waals surface area contributed by atoms with E-state index in [4.69, 9.17) is 10.8 Å². The number of nitrogens with two attached hydrogens (primary N) is 1. The van der Waals surface area contributed by atoms with Crippen LogP contribution < -0.4 is 26.2 Å². The van der Waals surface area contributed by atoms with Crippen molar-refractivity contribution in [3.05, 3.63) is 76.1 Å². The number of nitrogens with one attached hydrogen (secondary N) is 2. The molecule has 2 fully saturated rings. The Bertz CT molecular complexity index is 1890. The summed E-state index contributed by atoms with van der Waals surface area (Å²) in [6.07, 6.45) is -3.20. The van der Waals surface area contributed by atoms with Crippen LogP contribution in [0.15, 0.2) is 48.7 Å². The van der Waals surface area contributed by atoms with E-state index in [1.807, 2.05) is 24.8 Å². The van der Waals surface area contributed by atoms with Crippen LogP contribution in [-0.2, 0) is 6.18 Å². The number of alkyl halides is 3. The Morgan fingerprint density at radius 2 is 1.53 bits per heavy atom. The molecule has 6 rings (SSSR count). The molecule has 4 aromatic rings. The fourth-order valence-electron chi connectivity index (χ4n) is 5.94. The molecule has 5 N–H and O–H groups in total. The van der Waals surface area contributed by atoms with Gasteiger partial charge >= 0.3 is 12.1 Å². The molecule has 0 unspecified atom stereocenters. The number of aromatic nitrogens is 3. The molecule has 53 heavy (non-hydrogen) atoms. The molecule has 2 aliphatic heterocycles. The molecule has 2 aliphatic rings. The van der Waals surface area contributed by atoms with Crippen LogP contribution >= 0.6 is 11.3 Å². The predicted octanol–water partition coefficient (Wildman–Crippen LogP) is 5.82. The minimum absolute atomic E-state index is 0.0353. The molecule has 0 bridgehead atoms. The summed E-state index contributed by atoms with van der Waals surface area (Å²) in [6, 6.07) is 10.4. The minimum atomic E-state index is -4.54. The van der Waals surface area contributed by atoms with Crippen molar-refractivity contribution in [2.45, 2.75) is 33.9 Å². The minimum Gasteiger partial charge on any atom is -0.477 e. The topological polar surface area (TPSA) is 156 Å². The van der Waals surface area contributed by atoms with Crippen molar-refractivity contribution in [1.29, 1.82) is 0 Å². The second-order valence-corrected chi connectivity index (χ2v) is 13.8. The van der Waals surface area contributed by atoms with Gasteiger partial charge < -0.3 is 41.1 Å². The Kier molecular flexibility index (Phi) is 12.7. The van der Waals surface area contributed by atoms with Gasteiger partial charge in [0.1, 0.15) is 22.3 Å². The number of aromatic carboxylic acids is 1. The maximum Gasteiger partial charge on any atom is 0.416 e. The van der Waals surface area contributed by atoms with Crippen LogP contribution in [-0.4, -0.2) is 107 Å². The lowest BCUT2D eigenvalue weighted by Gasteiger charge is -2.36. The van der Waals surface area contributed by atoms with E-state index in [-0.39, 0.29) is 10.4 Å². The van der Waals surface area contributed by atoms with Crippen LogP contribution in [0.25, 0.3) is 0 Å². The number of carbonyl (C=O) groups is 2. The van der Waals surface area contributed by atoms with E-state index in [1.54, 1.807) is 18.2 Å². The maximum absolute atomic E-state index is 13.4. The number of halogens is 3. The second-order valence-electron chi connectivity index (χ2n) is 12.8. The van der Waals surface area contributed by atoms with Crippen molar-refractivity contribution in [3.8, 4) is 0 Å². The van der Waals surface area contributed by atoms with Crippen LogP contribution in [0.3, 0.4) is 0 Å². The number of nitrogens with zero attached hydrogens (tertiary/aromatic N) is 7. The Balaban J connectivity index is 0.000000208. The van der Waals surface area contributed by atoms with Gasteiger partial charge in [0.25, 0.3) is 5.91 Å². The van der Waals surface area contributed by atoms with Gasteiger partial charge in [-0.2, -0.15) is 13.2 Å². The Labute approximate surface area is 310 Å². The number of carboxylic acids is 1. The van der Waals surface area contributed by atoms with E-state index >= 15 is 0 Å². The van der Waals surface area contributed by atoms with Crippen molar-refractivity contribution in [3.63, 3.8) is 0 Å². The van der Waals surface area contributed by atoms with Gasteiger partial charge in [-0.1, -0.05) is 31.3 Å². The number of likely N-dealkylation sites (N-methyl/N-ethyl adjacent to an activating group) is 2. The van der Waals surface area contributed by atoms with Crippen molar-refractivity contribution >= 4 is 57.0 Å². The lowest BCUT2D eigenvalue weighted by Crippen LogP contribution is -2.46. The highest BCUT2D eigenvalue weighted by molar-refractivity contribution is 7.17. The maximum atomic E-state index is 13.4. The summed E-state index contributed by atoms with van der Waals surface area (Å²) in [4.78, 5) is 45.6. The van der Waals surface area contributed by atoms with Gasteiger partial charge in [-0.25, -0.2) is 19.7 Å². The third kappa shape index (κ3) is 10.5. The van der Waals surface area contributed by atoms with E-state index in [1.165, 1.54) is 12.3 Å². The molecular weight excluding hydrogens is 710 g/mol. The van der Waals surface area contributed by atoms with Crippen LogP contribution in [0.2, 0.25) is 0 Å². The van der Waals surface area contributed by atoms with Gasteiger partial charge in [-0.3, -0.25) is 4.79 Å². The monoisotopic (exact) mass is 754 g/mol. The van der Waals surface area contributed by atoms with E-state index in [0.29, 0.717) is 46.9 Å². The zero-order valence-electron chi connectivity index (χ0n) is 30.2. The molecule has 0 radical (unpaired) electrons. The number of nitrogen functional groups attached to an aromatic ring is 1. The average molecular weight is 755 g/mol. The number of aryl methyl sites for hydroxylation is 2. The number of piperazine rings is 2. The normalized spacial score (nSPS) is 15.5. The first-order valence-electron chi connectivity index (χ1n) is 17.4. The molecule has 2 aromatic heterocycles. The Hall–Kier alpha value is -5.00. The number of amides is 1. The summed E-state index contributed by atoms with van der Waals surface area (Å²) in [7, 11) is 0. The lowest BCUT2D eigenvalue weighted by molar-refractivity contribution is -0.137. The number of hydrogen-bond donors (Lipinski definition) is 4. The number of hydrogen-bond acceptors (Lipinski definition) is 12. The van der Waals surface area contributed by atoms with Crippen LogP contribution in [0.5, 0.6) is 0 Å². The Morgan fingerprint density at radius 3 is 2.09 bits per heavy atom. The summed E-state index contributed by atoms with van der Waals surface area (Å²) in [5, 5.41) is 15.2. The van der Waals surface area contributed by atoms with Crippen molar-refractivity contribution in [2.75, 3.05) is 91.6 Å². The van der Waals surface area contributed by atoms with Gasteiger partial charge in [0.15, 0.2) is 5.13 Å². The molecule has 1 amide bonds. The van der Waals surface area contributed by atoms with E-state index < -0.39 is 23.6 Å². The molecule has 284 valence electrons. The third-order valence-electron chi connectivity index (χ3n) is 9.15. The predicted molar refractivity (Wildman–Crippen MR) is 203 cm³/mol. The standard InChI is InChI=1S/C21H25F3N4O.C15H20N6O2S/c1-3-27-6-8-28(9-7-27)18-11-15(10-16(12-18)21(22,23)24)20(29)26-17-5-4-14(2)19(25)13-17;1-3-20-4-6-21(7-5-20)13-8-12(17-10(2)18-13)19-15-16-9-11(24-15)14(22)23/h4-5,10-13H,3,6-9,25H2,1-2H3,(H,26,29);8-9H,3-7H2,1-2H3,(H,22,23)(H,16,17,18,19). The summed E-state index contributed by atoms with van der Waals surface area (Å²) in [6.45, 7) is 16.6. The third-order valence-corrected chi connectivity index (χ3v) is 10.0. The molecule has 0 atom stereocenters. The lowest BCUT2D eigenvalue weighted by atomic mass is 10.1. The summed E-state index contributed by atoms with van der Waals surface area (Å²) in [5.74, 6) is 0.599. The largest absolute Gasteiger partial charge is 0.477 e. The van der Waals surface area contributed by atoms with Gasteiger partial charge in [-0.05, 0) is 62.8 Å². The van der Waals surface area contributed by atoms with Crippen molar-refractivity contribution in [2.24, 2.45) is 0 Å². The van der Waals surface area contributed by atoms with Gasteiger partial charge in [0, 0.05) is 81.1 Å². The second kappa shape index (κ2) is 17.2. The Morgan fingerprint density at radius 1 is 0.887 bits per heavy atom. The molecule has 17 heteroatoms. The van der Waals surface area contributed by atoms with Crippen LogP contribution in [0.4, 0.5) is 47.0 Å². The number of thiazole rings is 1. The first-order valence-corrected chi connectivity index (χ1v) is 18.2. The summed E-state index contributed by atoms with van der Waals surface area (Å²) >= 11 is 1.08. The average Bonchev–Trinajstić information content (AvgIpc) is 3.61. The van der Waals surface area contributed by atoms with Gasteiger partial charge in [0.05, 0.1) is 11.8 Å². The van der Waals surface area contributed by atoms with E-state index in [9.17, 15) is 22.8 Å². The quantitative estimate of drug-likeness (QED) is 0.152.